The Balaban J connectivity index is 1.49. The van der Waals surface area contributed by atoms with Crippen LogP contribution in [0.2, 0.25) is 5.15 Å². The highest BCUT2D eigenvalue weighted by atomic mass is 35.5. The van der Waals surface area contributed by atoms with Crippen molar-refractivity contribution >= 4 is 39.0 Å². The molecule has 0 bridgehead atoms. The van der Waals surface area contributed by atoms with E-state index in [2.05, 4.69) is 30.6 Å². The quantitative estimate of drug-likeness (QED) is 0.351. The van der Waals surface area contributed by atoms with Crippen molar-refractivity contribution in [2.75, 3.05) is 11.9 Å². The molecule has 0 aliphatic rings. The number of nitrogens with one attached hydrogen (secondary N) is 1. The van der Waals surface area contributed by atoms with Crippen LogP contribution < -0.4 is 5.32 Å². The van der Waals surface area contributed by atoms with Gasteiger partial charge in [-0.1, -0.05) is 35.0 Å². The monoisotopic (exact) mass is 467 g/mol. The summed E-state index contributed by atoms with van der Waals surface area (Å²) in [5.74, 6) is -0.184. The molecule has 2 N–H and O–H groups in total. The van der Waals surface area contributed by atoms with Gasteiger partial charge in [-0.05, 0) is 17.5 Å². The molecule has 0 amide bonds. The predicted molar refractivity (Wildman–Crippen MR) is 121 cm³/mol. The second-order valence-corrected chi connectivity index (χ2v) is 8.28. The van der Waals surface area contributed by atoms with Gasteiger partial charge < -0.3 is 10.4 Å². The van der Waals surface area contributed by atoms with Gasteiger partial charge >= 0.3 is 0 Å². The van der Waals surface area contributed by atoms with E-state index in [9.17, 15) is 9.50 Å². The number of hydrogen-bond donors (Lipinski definition) is 2. The van der Waals surface area contributed by atoms with Crippen molar-refractivity contribution in [1.29, 1.82) is 0 Å². The van der Waals surface area contributed by atoms with Gasteiger partial charge in [-0.2, -0.15) is 0 Å². The first-order valence-corrected chi connectivity index (χ1v) is 10.8. The minimum Gasteiger partial charge on any atom is -0.506 e. The average Bonchev–Trinajstić information content (AvgIpc) is 3.46. The number of benzene rings is 1. The number of rotatable bonds is 6. The lowest BCUT2D eigenvalue weighted by Crippen LogP contribution is -2.13. The number of pyridine rings is 1. The molecule has 160 valence electrons. The van der Waals surface area contributed by atoms with Crippen molar-refractivity contribution in [3.05, 3.63) is 66.1 Å². The first-order valence-electron chi connectivity index (χ1n) is 9.57. The van der Waals surface area contributed by atoms with Crippen LogP contribution in [0.5, 0.6) is 5.75 Å². The van der Waals surface area contributed by atoms with E-state index in [-0.39, 0.29) is 16.6 Å². The van der Waals surface area contributed by atoms with Crippen molar-refractivity contribution in [3.8, 4) is 27.4 Å². The number of anilines is 1. The van der Waals surface area contributed by atoms with Crippen LogP contribution in [-0.4, -0.2) is 41.6 Å². The standard InChI is InChI=1S/C21H15ClFN7OS/c22-18-9-14(16(31)11-25-18)13-3-1-2-12-8-17(32-20(12)13)19-15(23)10-26-21(28-19)24-4-6-30-7-5-27-29-30/h1-3,5,7-11,31H,4,6H2,(H,24,26,28). The van der Waals surface area contributed by atoms with Crippen molar-refractivity contribution in [2.24, 2.45) is 0 Å². The number of aromatic hydroxyl groups is 1. The number of fused-ring (bicyclic) bond motifs is 1. The Morgan fingerprint density at radius 1 is 1.16 bits per heavy atom. The molecule has 5 aromatic rings. The number of aromatic nitrogens is 6. The zero-order valence-electron chi connectivity index (χ0n) is 16.4. The molecule has 0 saturated carbocycles. The smallest absolute Gasteiger partial charge is 0.223 e. The summed E-state index contributed by atoms with van der Waals surface area (Å²) in [5, 5.41) is 22.2. The van der Waals surface area contributed by atoms with Gasteiger partial charge in [0.15, 0.2) is 5.82 Å². The van der Waals surface area contributed by atoms with E-state index < -0.39 is 5.82 Å². The molecule has 4 heterocycles. The molecule has 32 heavy (non-hydrogen) atoms. The van der Waals surface area contributed by atoms with Crippen LogP contribution in [0.15, 0.2) is 55.1 Å². The van der Waals surface area contributed by atoms with Gasteiger partial charge in [0.05, 0.1) is 30.0 Å². The number of hydrogen-bond acceptors (Lipinski definition) is 8. The summed E-state index contributed by atoms with van der Waals surface area (Å²) in [5.41, 5.74) is 1.54. The first kappa shape index (κ1) is 20.3. The van der Waals surface area contributed by atoms with Gasteiger partial charge in [0.2, 0.25) is 5.95 Å². The highest BCUT2D eigenvalue weighted by Crippen LogP contribution is 2.42. The third kappa shape index (κ3) is 3.97. The summed E-state index contributed by atoms with van der Waals surface area (Å²) in [4.78, 5) is 13.0. The van der Waals surface area contributed by atoms with E-state index in [0.29, 0.717) is 29.5 Å². The summed E-state index contributed by atoms with van der Waals surface area (Å²) in [6.07, 6.45) is 5.81. The van der Waals surface area contributed by atoms with E-state index in [4.69, 9.17) is 11.6 Å². The second-order valence-electron chi connectivity index (χ2n) is 6.84. The molecular weight excluding hydrogens is 453 g/mol. The van der Waals surface area contributed by atoms with Crippen LogP contribution in [-0.2, 0) is 6.54 Å². The fraction of sp³-hybridized carbons (Fsp3) is 0.0952. The average molecular weight is 468 g/mol. The molecule has 11 heteroatoms. The van der Waals surface area contributed by atoms with Gasteiger partial charge in [0, 0.05) is 28.6 Å². The molecule has 1 aromatic carbocycles. The zero-order chi connectivity index (χ0) is 22.1. The summed E-state index contributed by atoms with van der Waals surface area (Å²) >= 11 is 7.41. The molecule has 0 aliphatic heterocycles. The fourth-order valence-electron chi connectivity index (χ4n) is 3.29. The van der Waals surface area contributed by atoms with Gasteiger partial charge in [-0.15, -0.1) is 16.4 Å². The number of halogens is 2. The van der Waals surface area contributed by atoms with Crippen LogP contribution in [0.3, 0.4) is 0 Å². The molecule has 5 rings (SSSR count). The van der Waals surface area contributed by atoms with E-state index >= 15 is 0 Å². The summed E-state index contributed by atoms with van der Waals surface area (Å²) in [6, 6.07) is 9.15. The number of nitrogens with zero attached hydrogens (tertiary/aromatic N) is 6. The lowest BCUT2D eigenvalue weighted by molar-refractivity contribution is 0.475. The Bertz CT molecular complexity index is 1410. The summed E-state index contributed by atoms with van der Waals surface area (Å²) in [6.45, 7) is 1.08. The SMILES string of the molecule is Oc1cnc(Cl)cc1-c1cccc2cc(-c3nc(NCCn4ccnn4)ncc3F)sc12. The molecule has 0 unspecified atom stereocenters. The largest absolute Gasteiger partial charge is 0.506 e. The molecule has 4 aromatic heterocycles. The van der Waals surface area contributed by atoms with Gasteiger partial charge in [0.1, 0.15) is 16.6 Å². The molecule has 0 saturated heterocycles. The fourth-order valence-corrected chi connectivity index (χ4v) is 4.63. The van der Waals surface area contributed by atoms with E-state index in [0.717, 1.165) is 21.8 Å². The highest BCUT2D eigenvalue weighted by molar-refractivity contribution is 7.22. The van der Waals surface area contributed by atoms with Gasteiger partial charge in [0.25, 0.3) is 0 Å². The minimum atomic E-state index is -0.519. The topological polar surface area (TPSA) is 102 Å². The van der Waals surface area contributed by atoms with Crippen LogP contribution in [0.4, 0.5) is 10.3 Å². The van der Waals surface area contributed by atoms with Crippen LogP contribution in [0, 0.1) is 5.82 Å². The first-order chi connectivity index (χ1) is 15.6. The van der Waals surface area contributed by atoms with Gasteiger partial charge in [-0.25, -0.2) is 19.3 Å². The minimum absolute atomic E-state index is 0.0175. The molecule has 0 spiro atoms. The molecule has 8 nitrogen and oxygen atoms in total. The summed E-state index contributed by atoms with van der Waals surface area (Å²) in [7, 11) is 0. The Kier molecular flexibility index (Phi) is 5.38. The van der Waals surface area contributed by atoms with E-state index in [1.807, 2.05) is 24.3 Å². The Morgan fingerprint density at radius 3 is 2.91 bits per heavy atom. The maximum Gasteiger partial charge on any atom is 0.223 e. The lowest BCUT2D eigenvalue weighted by atomic mass is 10.0. The predicted octanol–water partition coefficient (Wildman–Crippen LogP) is 4.62. The van der Waals surface area contributed by atoms with Crippen molar-refractivity contribution in [3.63, 3.8) is 0 Å². The zero-order valence-corrected chi connectivity index (χ0v) is 18.0. The van der Waals surface area contributed by atoms with Crippen LogP contribution in [0.1, 0.15) is 0 Å². The maximum atomic E-state index is 14.6. The van der Waals surface area contributed by atoms with Crippen molar-refractivity contribution in [2.45, 2.75) is 6.54 Å². The normalized spacial score (nSPS) is 11.2. The summed E-state index contributed by atoms with van der Waals surface area (Å²) < 4.78 is 17.2. The van der Waals surface area contributed by atoms with Crippen molar-refractivity contribution in [1.82, 2.24) is 29.9 Å². The number of thiophene rings is 1. The Labute approximate surface area is 190 Å². The Morgan fingerprint density at radius 2 is 2.06 bits per heavy atom. The second kappa shape index (κ2) is 8.48. The van der Waals surface area contributed by atoms with Gasteiger partial charge in [-0.3, -0.25) is 4.68 Å². The lowest BCUT2D eigenvalue weighted by Gasteiger charge is -2.07. The Hall–Kier alpha value is -3.63. The van der Waals surface area contributed by atoms with Crippen LogP contribution >= 0.6 is 22.9 Å². The molecule has 0 aliphatic carbocycles. The molecular formula is C21H15ClFN7OS. The van der Waals surface area contributed by atoms with Crippen LogP contribution in [0.25, 0.3) is 31.8 Å². The molecule has 0 radical (unpaired) electrons. The molecule has 0 atom stereocenters. The highest BCUT2D eigenvalue weighted by Gasteiger charge is 2.16. The maximum absolute atomic E-state index is 14.6. The van der Waals surface area contributed by atoms with Crippen molar-refractivity contribution < 1.29 is 9.50 Å². The molecule has 0 fully saturated rings. The third-order valence-electron chi connectivity index (χ3n) is 4.76. The third-order valence-corrected chi connectivity index (χ3v) is 6.15. The van der Waals surface area contributed by atoms with E-state index in [1.165, 1.54) is 17.5 Å². The van der Waals surface area contributed by atoms with E-state index in [1.54, 1.807) is 23.1 Å².